The van der Waals surface area contributed by atoms with Gasteiger partial charge >= 0.3 is 0 Å². The van der Waals surface area contributed by atoms with Crippen LogP contribution in [0.1, 0.15) is 39.6 Å². The van der Waals surface area contributed by atoms with Crippen LogP contribution >= 0.6 is 11.3 Å². The highest BCUT2D eigenvalue weighted by Crippen LogP contribution is 2.34. The van der Waals surface area contributed by atoms with Crippen LogP contribution in [0.4, 0.5) is 10.1 Å². The molecule has 1 fully saturated rings. The molecule has 2 aromatic heterocycles. The summed E-state index contributed by atoms with van der Waals surface area (Å²) in [5.74, 6) is -1.19. The summed E-state index contributed by atoms with van der Waals surface area (Å²) in [6.45, 7) is 5.00. The summed E-state index contributed by atoms with van der Waals surface area (Å²) < 4.78 is 26.2. The van der Waals surface area contributed by atoms with Crippen LogP contribution < -0.4 is 10.2 Å². The Morgan fingerprint density at radius 3 is 2.83 bits per heavy atom. The molecule has 0 unspecified atom stereocenters. The van der Waals surface area contributed by atoms with Gasteiger partial charge in [-0.15, -0.1) is 11.3 Å². The summed E-state index contributed by atoms with van der Waals surface area (Å²) in [4.78, 5) is 27.0. The van der Waals surface area contributed by atoms with E-state index in [0.717, 1.165) is 4.88 Å². The minimum Gasteiger partial charge on any atom is -0.372 e. The number of nitrogens with zero attached hydrogens (tertiary/aromatic N) is 2. The van der Waals surface area contributed by atoms with E-state index in [0.29, 0.717) is 25.9 Å². The predicted molar refractivity (Wildman–Crippen MR) is 107 cm³/mol. The molecule has 1 aromatic carbocycles. The molecular formula is C20H20FN3O4S. The molecule has 7 nitrogen and oxygen atoms in total. The fourth-order valence-corrected chi connectivity index (χ4v) is 4.29. The third-order valence-corrected chi connectivity index (χ3v) is 5.67. The lowest BCUT2D eigenvalue weighted by molar-refractivity contribution is -0.00543. The predicted octanol–water partition coefficient (Wildman–Crippen LogP) is 3.38. The van der Waals surface area contributed by atoms with E-state index in [-0.39, 0.29) is 40.1 Å². The van der Waals surface area contributed by atoms with Crippen LogP contribution in [0.2, 0.25) is 0 Å². The number of hydrogen-bond donors (Lipinski definition) is 1. The number of anilines is 1. The Bertz CT molecular complexity index is 1040. The molecule has 0 radical (unpaired) electrons. The first-order valence-corrected chi connectivity index (χ1v) is 10.1. The minimum atomic E-state index is -0.698. The third-order valence-electron chi connectivity index (χ3n) is 4.79. The highest BCUT2D eigenvalue weighted by atomic mass is 32.1. The lowest BCUT2D eigenvalue weighted by Gasteiger charge is -2.37. The Hall–Kier alpha value is -2.78. The number of nitrogens with one attached hydrogen (secondary N) is 1. The van der Waals surface area contributed by atoms with Crippen LogP contribution in [-0.2, 0) is 11.3 Å². The quantitative estimate of drug-likeness (QED) is 0.641. The Balaban J connectivity index is 1.69. The Morgan fingerprint density at radius 2 is 2.17 bits per heavy atom. The van der Waals surface area contributed by atoms with Crippen molar-refractivity contribution < 1.29 is 23.2 Å². The largest absolute Gasteiger partial charge is 0.372 e. The molecular weight excluding hydrogens is 397 g/mol. The second-order valence-electron chi connectivity index (χ2n) is 7.08. The Kier molecular flexibility index (Phi) is 5.33. The van der Waals surface area contributed by atoms with E-state index < -0.39 is 11.7 Å². The number of hydrogen-bond acceptors (Lipinski definition) is 7. The molecule has 1 saturated heterocycles. The first kappa shape index (κ1) is 19.5. The van der Waals surface area contributed by atoms with Gasteiger partial charge in [0.1, 0.15) is 0 Å². The highest BCUT2D eigenvalue weighted by molar-refractivity contribution is 7.09. The first-order valence-electron chi connectivity index (χ1n) is 9.26. The molecule has 0 saturated carbocycles. The number of benzene rings is 1. The molecule has 1 aliphatic heterocycles. The number of ether oxygens (including phenoxy) is 1. The molecule has 0 aliphatic carbocycles. The number of fused-ring (bicyclic) bond motifs is 1. The van der Waals surface area contributed by atoms with Gasteiger partial charge in [-0.2, -0.15) is 0 Å². The number of halogens is 1. The number of rotatable bonds is 5. The van der Waals surface area contributed by atoms with E-state index in [2.05, 4.69) is 10.5 Å². The molecule has 1 amide bonds. The van der Waals surface area contributed by atoms with Gasteiger partial charge in [-0.25, -0.2) is 4.39 Å². The topological polar surface area (TPSA) is 84.7 Å². The van der Waals surface area contributed by atoms with Crippen molar-refractivity contribution in [2.75, 3.05) is 18.0 Å². The number of carbonyl (C=O) groups is 2. The molecule has 1 N–H and O–H groups in total. The summed E-state index contributed by atoms with van der Waals surface area (Å²) in [6, 6.07) is 5.24. The minimum absolute atomic E-state index is 0.0474. The number of carbonyl (C=O) groups excluding carboxylic acids is 2. The Morgan fingerprint density at radius 1 is 1.41 bits per heavy atom. The summed E-state index contributed by atoms with van der Waals surface area (Å²) in [7, 11) is 0. The maximum atomic E-state index is 15.3. The zero-order valence-electron chi connectivity index (χ0n) is 16.0. The van der Waals surface area contributed by atoms with Crippen LogP contribution in [0.3, 0.4) is 0 Å². The van der Waals surface area contributed by atoms with E-state index in [1.807, 2.05) is 31.4 Å². The van der Waals surface area contributed by atoms with E-state index in [1.165, 1.54) is 17.4 Å². The van der Waals surface area contributed by atoms with Crippen LogP contribution in [0.15, 0.2) is 28.1 Å². The molecule has 3 heterocycles. The SMILES string of the molecule is C[C@@H]1CN(c2c(C=O)cc3c(C(=O)NCc4cccs4)noc3c2F)C[C@H](C)O1. The molecule has 29 heavy (non-hydrogen) atoms. The normalized spacial score (nSPS) is 19.5. The van der Waals surface area contributed by atoms with Gasteiger partial charge in [0.2, 0.25) is 5.58 Å². The van der Waals surface area contributed by atoms with Gasteiger partial charge in [0, 0.05) is 23.5 Å². The van der Waals surface area contributed by atoms with E-state index in [1.54, 1.807) is 4.90 Å². The lowest BCUT2D eigenvalue weighted by atomic mass is 10.1. The van der Waals surface area contributed by atoms with Gasteiger partial charge in [-0.1, -0.05) is 11.2 Å². The van der Waals surface area contributed by atoms with Crippen LogP contribution in [0.5, 0.6) is 0 Å². The summed E-state index contributed by atoms with van der Waals surface area (Å²) in [5.41, 5.74) is 0.107. The van der Waals surface area contributed by atoms with Gasteiger partial charge in [-0.05, 0) is 31.4 Å². The number of amides is 1. The summed E-state index contributed by atoms with van der Waals surface area (Å²) in [5, 5.41) is 8.59. The number of aldehydes is 1. The molecule has 9 heteroatoms. The third kappa shape index (κ3) is 3.75. The monoisotopic (exact) mass is 417 g/mol. The second kappa shape index (κ2) is 7.92. The van der Waals surface area contributed by atoms with Gasteiger partial charge in [0.25, 0.3) is 5.91 Å². The summed E-state index contributed by atoms with van der Waals surface area (Å²) >= 11 is 1.51. The fraction of sp³-hybridized carbons (Fsp3) is 0.350. The molecule has 4 rings (SSSR count). The molecule has 0 bridgehead atoms. The lowest BCUT2D eigenvalue weighted by Crippen LogP contribution is -2.46. The Labute approximate surface area is 170 Å². The van der Waals surface area contributed by atoms with Gasteiger partial charge in [0.05, 0.1) is 29.8 Å². The fourth-order valence-electron chi connectivity index (χ4n) is 3.65. The number of aromatic nitrogens is 1. The molecule has 1 aliphatic rings. The van der Waals surface area contributed by atoms with Crippen LogP contribution in [0.25, 0.3) is 11.0 Å². The van der Waals surface area contributed by atoms with E-state index in [4.69, 9.17) is 9.26 Å². The smallest absolute Gasteiger partial charge is 0.274 e. The second-order valence-corrected chi connectivity index (χ2v) is 8.11. The van der Waals surface area contributed by atoms with Crippen molar-refractivity contribution in [3.63, 3.8) is 0 Å². The van der Waals surface area contributed by atoms with Crippen molar-refractivity contribution in [1.82, 2.24) is 10.5 Å². The maximum Gasteiger partial charge on any atom is 0.274 e. The van der Waals surface area contributed by atoms with Crippen molar-refractivity contribution in [2.45, 2.75) is 32.6 Å². The van der Waals surface area contributed by atoms with Crippen LogP contribution in [-0.4, -0.2) is 42.6 Å². The number of morpholine rings is 1. The highest BCUT2D eigenvalue weighted by Gasteiger charge is 2.30. The standard InChI is InChI=1S/C20H20FN3O4S/c1-11-8-24(9-12(2)27-11)18-13(10-25)6-15-17(23-28-19(15)16(18)21)20(26)22-7-14-4-3-5-29-14/h3-6,10-12H,7-9H2,1-2H3,(H,22,26)/t11-,12+. The van der Waals surface area contributed by atoms with Crippen molar-refractivity contribution in [1.29, 1.82) is 0 Å². The zero-order valence-corrected chi connectivity index (χ0v) is 16.8. The summed E-state index contributed by atoms with van der Waals surface area (Å²) in [6.07, 6.45) is 0.367. The molecule has 0 spiro atoms. The van der Waals surface area contributed by atoms with Crippen LogP contribution in [0, 0.1) is 5.82 Å². The first-order chi connectivity index (χ1) is 14.0. The van der Waals surface area contributed by atoms with Crippen molar-refractivity contribution in [3.05, 3.63) is 45.5 Å². The van der Waals surface area contributed by atoms with Crippen molar-refractivity contribution in [2.24, 2.45) is 0 Å². The van der Waals surface area contributed by atoms with E-state index in [9.17, 15) is 9.59 Å². The van der Waals surface area contributed by atoms with E-state index >= 15 is 4.39 Å². The average Bonchev–Trinajstić information content (AvgIpc) is 3.35. The van der Waals surface area contributed by atoms with Gasteiger partial charge in [0.15, 0.2) is 17.8 Å². The molecule has 2 atom stereocenters. The molecule has 3 aromatic rings. The van der Waals surface area contributed by atoms with Crippen molar-refractivity contribution >= 4 is 40.2 Å². The molecule has 152 valence electrons. The number of thiophene rings is 1. The zero-order chi connectivity index (χ0) is 20.5. The average molecular weight is 417 g/mol. The van der Waals surface area contributed by atoms with Crippen molar-refractivity contribution in [3.8, 4) is 0 Å². The maximum absolute atomic E-state index is 15.3. The van der Waals surface area contributed by atoms with Gasteiger partial charge in [-0.3, -0.25) is 9.59 Å². The van der Waals surface area contributed by atoms with Gasteiger partial charge < -0.3 is 19.5 Å².